The third-order valence-corrected chi connectivity index (χ3v) is 7.04. The third kappa shape index (κ3) is 3.47. The maximum Gasteiger partial charge on any atom is 0.334 e. The molecule has 0 saturated carbocycles. The van der Waals surface area contributed by atoms with Gasteiger partial charge >= 0.3 is 11.9 Å². The molecule has 1 aliphatic carbocycles. The summed E-state index contributed by atoms with van der Waals surface area (Å²) in [6.45, 7) is 3.80. The molecule has 0 aromatic heterocycles. The number of benzene rings is 3. The van der Waals surface area contributed by atoms with Gasteiger partial charge in [0.2, 0.25) is 5.41 Å². The first kappa shape index (κ1) is 23.9. The normalized spacial score (nSPS) is 20.8. The van der Waals surface area contributed by atoms with Crippen molar-refractivity contribution in [3.8, 4) is 17.2 Å². The van der Waals surface area contributed by atoms with Crippen LogP contribution in [0.2, 0.25) is 5.02 Å². The summed E-state index contributed by atoms with van der Waals surface area (Å²) in [4.78, 5) is 27.9. The molecule has 0 unspecified atom stereocenters. The largest absolute Gasteiger partial charge is 0.496 e. The van der Waals surface area contributed by atoms with Crippen LogP contribution in [-0.4, -0.2) is 32.8 Å². The molecule has 6 nitrogen and oxygen atoms in total. The van der Waals surface area contributed by atoms with E-state index in [9.17, 15) is 9.59 Å². The van der Waals surface area contributed by atoms with Crippen LogP contribution in [0.25, 0.3) is 11.6 Å². The summed E-state index contributed by atoms with van der Waals surface area (Å²) >= 11 is 6.45. The maximum atomic E-state index is 14.0. The van der Waals surface area contributed by atoms with Crippen LogP contribution in [0, 0.1) is 12.3 Å². The number of carbonyl (C=O) groups is 2. The number of methoxy groups -OCH3 is 2. The Morgan fingerprint density at radius 3 is 2.50 bits per heavy atom. The zero-order valence-electron chi connectivity index (χ0n) is 20.4. The van der Waals surface area contributed by atoms with E-state index in [0.29, 0.717) is 27.7 Å². The van der Waals surface area contributed by atoms with Crippen LogP contribution in [0.15, 0.2) is 54.6 Å². The molecule has 3 aromatic rings. The molecule has 7 heteroatoms. The molecule has 36 heavy (non-hydrogen) atoms. The van der Waals surface area contributed by atoms with Crippen LogP contribution in [0.1, 0.15) is 40.7 Å². The van der Waals surface area contributed by atoms with E-state index >= 15 is 0 Å². The Balaban J connectivity index is 1.89. The zero-order chi connectivity index (χ0) is 25.6. The zero-order valence-corrected chi connectivity index (χ0v) is 21.1. The van der Waals surface area contributed by atoms with Gasteiger partial charge in [-0.1, -0.05) is 47.5 Å². The molecule has 0 N–H and O–H groups in total. The Hall–Kier alpha value is -3.77. The van der Waals surface area contributed by atoms with E-state index in [1.165, 1.54) is 14.2 Å². The van der Waals surface area contributed by atoms with E-state index in [1.807, 2.05) is 43.3 Å². The van der Waals surface area contributed by atoms with Gasteiger partial charge in [-0.3, -0.25) is 4.79 Å². The molecule has 0 saturated heterocycles. The molecule has 0 radical (unpaired) electrons. The highest BCUT2D eigenvalue weighted by atomic mass is 35.5. The first-order chi connectivity index (χ1) is 17.3. The van der Waals surface area contributed by atoms with Crippen molar-refractivity contribution in [1.82, 2.24) is 0 Å². The average molecular weight is 505 g/mol. The Morgan fingerprint density at radius 2 is 1.83 bits per heavy atom. The molecule has 3 aromatic carbocycles. The van der Waals surface area contributed by atoms with Gasteiger partial charge < -0.3 is 18.9 Å². The van der Waals surface area contributed by atoms with E-state index in [1.54, 1.807) is 31.2 Å². The Morgan fingerprint density at radius 1 is 1.08 bits per heavy atom. The molecule has 0 spiro atoms. The van der Waals surface area contributed by atoms with Crippen molar-refractivity contribution in [2.75, 3.05) is 20.8 Å². The van der Waals surface area contributed by atoms with Gasteiger partial charge in [0, 0.05) is 28.6 Å². The van der Waals surface area contributed by atoms with Crippen LogP contribution in [0.5, 0.6) is 17.2 Å². The molecular formula is C29H25ClO6. The number of ether oxygens (including phenoxy) is 4. The maximum absolute atomic E-state index is 14.0. The number of hydrogen-bond donors (Lipinski definition) is 0. The first-order valence-corrected chi connectivity index (χ1v) is 12.0. The number of aryl methyl sites for hydroxylation is 1. The van der Waals surface area contributed by atoms with E-state index < -0.39 is 23.3 Å². The lowest BCUT2D eigenvalue weighted by molar-refractivity contribution is -0.164. The number of esters is 2. The molecule has 0 bridgehead atoms. The number of rotatable bonds is 5. The van der Waals surface area contributed by atoms with Gasteiger partial charge in [-0.2, -0.15) is 0 Å². The van der Waals surface area contributed by atoms with Gasteiger partial charge in [0.05, 0.1) is 20.8 Å². The smallest absolute Gasteiger partial charge is 0.334 e. The summed E-state index contributed by atoms with van der Waals surface area (Å²) in [5.41, 5.74) is 2.63. The quantitative estimate of drug-likeness (QED) is 0.248. The summed E-state index contributed by atoms with van der Waals surface area (Å²) in [5, 5.41) is 0.482. The Labute approximate surface area is 214 Å². The highest BCUT2D eigenvalue weighted by Crippen LogP contribution is 2.65. The van der Waals surface area contributed by atoms with Crippen LogP contribution < -0.4 is 14.2 Å². The van der Waals surface area contributed by atoms with Crippen molar-refractivity contribution in [2.45, 2.75) is 19.8 Å². The van der Waals surface area contributed by atoms with Crippen molar-refractivity contribution in [3.63, 3.8) is 0 Å². The van der Waals surface area contributed by atoms with Crippen molar-refractivity contribution in [3.05, 3.63) is 87.4 Å². The fraction of sp³-hybridized carbons (Fsp3) is 0.241. The number of halogens is 1. The minimum Gasteiger partial charge on any atom is -0.496 e. The van der Waals surface area contributed by atoms with E-state index in [2.05, 4.69) is 0 Å². The van der Waals surface area contributed by atoms with E-state index in [-0.39, 0.29) is 12.4 Å². The molecule has 0 fully saturated rings. The highest BCUT2D eigenvalue weighted by molar-refractivity contribution is 6.31. The molecule has 184 valence electrons. The fourth-order valence-corrected chi connectivity index (χ4v) is 5.39. The van der Waals surface area contributed by atoms with E-state index in [4.69, 9.17) is 30.5 Å². The van der Waals surface area contributed by atoms with Gasteiger partial charge in [0.15, 0.2) is 0 Å². The van der Waals surface area contributed by atoms with E-state index in [0.717, 1.165) is 22.3 Å². The topological polar surface area (TPSA) is 71.1 Å². The predicted molar refractivity (Wildman–Crippen MR) is 137 cm³/mol. The number of carbonyl (C=O) groups excluding carboxylic acids is 2. The molecule has 0 amide bonds. The molecular weight excluding hydrogens is 480 g/mol. The van der Waals surface area contributed by atoms with Crippen molar-refractivity contribution >= 4 is 35.2 Å². The lowest BCUT2D eigenvalue weighted by atomic mass is 9.68. The summed E-state index contributed by atoms with van der Waals surface area (Å²) in [7, 11) is 3.04. The number of hydrogen-bond acceptors (Lipinski definition) is 6. The lowest BCUT2D eigenvalue weighted by Gasteiger charge is -2.38. The third-order valence-electron chi connectivity index (χ3n) is 6.80. The second-order valence-corrected chi connectivity index (χ2v) is 9.23. The minimum atomic E-state index is -1.79. The van der Waals surface area contributed by atoms with Crippen LogP contribution in [0.4, 0.5) is 0 Å². The fourth-order valence-electron chi connectivity index (χ4n) is 5.21. The van der Waals surface area contributed by atoms with Crippen LogP contribution in [0.3, 0.4) is 0 Å². The van der Waals surface area contributed by atoms with Crippen molar-refractivity contribution in [1.29, 1.82) is 0 Å². The summed E-state index contributed by atoms with van der Waals surface area (Å²) < 4.78 is 22.5. The summed E-state index contributed by atoms with van der Waals surface area (Å²) in [5.74, 6) is -1.03. The van der Waals surface area contributed by atoms with Gasteiger partial charge in [-0.15, -0.1) is 0 Å². The van der Waals surface area contributed by atoms with Gasteiger partial charge in [0.25, 0.3) is 0 Å². The first-order valence-electron chi connectivity index (χ1n) is 11.6. The molecule has 1 aliphatic heterocycles. The van der Waals surface area contributed by atoms with Gasteiger partial charge in [-0.25, -0.2) is 4.79 Å². The van der Waals surface area contributed by atoms with Crippen LogP contribution in [-0.2, 0) is 14.3 Å². The summed E-state index contributed by atoms with van der Waals surface area (Å²) in [6, 6.07) is 16.5. The lowest BCUT2D eigenvalue weighted by Crippen LogP contribution is -2.49. The predicted octanol–water partition coefficient (Wildman–Crippen LogP) is 5.82. The molecule has 1 heterocycles. The highest BCUT2D eigenvalue weighted by Gasteiger charge is 2.66. The van der Waals surface area contributed by atoms with Crippen molar-refractivity contribution in [2.24, 2.45) is 5.41 Å². The second kappa shape index (κ2) is 9.03. The Kier molecular flexibility index (Phi) is 6.00. The second-order valence-electron chi connectivity index (χ2n) is 8.79. The number of fused-ring (bicyclic) bond motifs is 5. The average Bonchev–Trinajstić information content (AvgIpc) is 3.15. The van der Waals surface area contributed by atoms with Gasteiger partial charge in [-0.05, 0) is 54.3 Å². The molecule has 2 aliphatic rings. The standard InChI is InChI=1S/C29H25ClO6/c1-5-35-27(31)29-22(12-17-8-6-16(2)7-9-17)20-11-10-18(30)13-21(20)26(29)25-23(34-4)14-19(33-3)15-24(25)36-28(29)32/h6-15,26H,5H2,1-4H3/b22-12+/t26-,29-/m1/s1. The monoisotopic (exact) mass is 504 g/mol. The van der Waals surface area contributed by atoms with Gasteiger partial charge in [0.1, 0.15) is 17.2 Å². The molecule has 5 rings (SSSR count). The van der Waals surface area contributed by atoms with Crippen molar-refractivity contribution < 1.29 is 28.5 Å². The molecule has 2 atom stereocenters. The Bertz CT molecular complexity index is 1410. The summed E-state index contributed by atoms with van der Waals surface area (Å²) in [6.07, 6.45) is 1.85. The SMILES string of the molecule is CCOC(=O)[C@]12C(=O)Oc3cc(OC)cc(OC)c3[C@H]1c1cc(Cl)ccc1/C2=C\c1ccc(C)cc1. The minimum absolute atomic E-state index is 0.0993. The van der Waals surface area contributed by atoms with Crippen LogP contribution >= 0.6 is 11.6 Å².